The van der Waals surface area contributed by atoms with Gasteiger partial charge in [0.25, 0.3) is 0 Å². The quantitative estimate of drug-likeness (QED) is 0.596. The molecule has 20 heavy (non-hydrogen) atoms. The van der Waals surface area contributed by atoms with Gasteiger partial charge in [-0.3, -0.25) is 0 Å². The van der Waals surface area contributed by atoms with Crippen molar-refractivity contribution in [2.24, 2.45) is 0 Å². The van der Waals surface area contributed by atoms with Gasteiger partial charge in [0.2, 0.25) is 0 Å². The zero-order chi connectivity index (χ0) is 14.8. The van der Waals surface area contributed by atoms with Crippen molar-refractivity contribution in [3.05, 3.63) is 18.5 Å². The Labute approximate surface area is 119 Å². The highest BCUT2D eigenvalue weighted by molar-refractivity contribution is 6.76. The van der Waals surface area contributed by atoms with Crippen LogP contribution in [-0.4, -0.2) is 46.6 Å². The lowest BCUT2D eigenvalue weighted by Gasteiger charge is -2.15. The van der Waals surface area contributed by atoms with Crippen molar-refractivity contribution in [1.82, 2.24) is 14.8 Å². The van der Waals surface area contributed by atoms with Crippen LogP contribution < -0.4 is 5.46 Å². The van der Waals surface area contributed by atoms with Crippen LogP contribution in [-0.2, 0) is 11.5 Å². The molecule has 0 unspecified atom stereocenters. The van der Waals surface area contributed by atoms with Crippen LogP contribution in [0.15, 0.2) is 18.5 Å². The van der Waals surface area contributed by atoms with Crippen molar-refractivity contribution in [1.29, 1.82) is 0 Å². The Bertz CT molecular complexity index is 583. The van der Waals surface area contributed by atoms with E-state index >= 15 is 0 Å². The molecular formula is C12H20BN3O3Si. The van der Waals surface area contributed by atoms with E-state index in [1.54, 1.807) is 16.9 Å². The first-order valence-corrected chi connectivity index (χ1v) is 10.3. The molecule has 8 heteroatoms. The highest BCUT2D eigenvalue weighted by Gasteiger charge is 2.14. The summed E-state index contributed by atoms with van der Waals surface area (Å²) < 4.78 is 7.31. The predicted molar refractivity (Wildman–Crippen MR) is 81.5 cm³/mol. The van der Waals surface area contributed by atoms with E-state index in [0.29, 0.717) is 17.8 Å². The average Bonchev–Trinajstić information content (AvgIpc) is 2.76. The zero-order valence-corrected chi connectivity index (χ0v) is 13.1. The van der Waals surface area contributed by atoms with E-state index in [2.05, 4.69) is 29.7 Å². The fourth-order valence-corrected chi connectivity index (χ4v) is 2.51. The lowest BCUT2D eigenvalue weighted by atomic mass is 9.81. The third kappa shape index (κ3) is 3.89. The molecule has 0 spiro atoms. The first-order valence-electron chi connectivity index (χ1n) is 6.62. The van der Waals surface area contributed by atoms with Crippen LogP contribution >= 0.6 is 0 Å². The highest BCUT2D eigenvalue weighted by Crippen LogP contribution is 2.11. The Hall–Kier alpha value is -1.22. The topological polar surface area (TPSA) is 80.4 Å². The standard InChI is InChI=1S/C12H20BN3O3Si/c1-20(2,3)5-4-19-9-16-12-10(7-15-16)6-11(8-14-12)13(17)18/h6-8,17-18H,4-5,9H2,1-3H3. The summed E-state index contributed by atoms with van der Waals surface area (Å²) in [4.78, 5) is 4.20. The Morgan fingerprint density at radius 3 is 2.70 bits per heavy atom. The summed E-state index contributed by atoms with van der Waals surface area (Å²) in [5.41, 5.74) is 1.04. The van der Waals surface area contributed by atoms with Gasteiger partial charge >= 0.3 is 7.12 Å². The number of nitrogens with zero attached hydrogens (tertiary/aromatic N) is 3. The normalized spacial score (nSPS) is 12.1. The van der Waals surface area contributed by atoms with Gasteiger partial charge in [0.05, 0.1) is 6.20 Å². The SMILES string of the molecule is C[Si](C)(C)CCOCn1ncc2cc(B(O)O)cnc21. The minimum Gasteiger partial charge on any atom is -0.423 e. The average molecular weight is 293 g/mol. The summed E-state index contributed by atoms with van der Waals surface area (Å²) in [6.07, 6.45) is 3.09. The summed E-state index contributed by atoms with van der Waals surface area (Å²) >= 11 is 0. The van der Waals surface area contributed by atoms with Crippen LogP contribution in [0, 0.1) is 0 Å². The van der Waals surface area contributed by atoms with Gasteiger partial charge in [-0.05, 0) is 12.1 Å². The summed E-state index contributed by atoms with van der Waals surface area (Å²) in [5, 5.41) is 23.2. The second kappa shape index (κ2) is 6.05. The molecule has 0 aliphatic rings. The van der Waals surface area contributed by atoms with Gasteiger partial charge in [0.15, 0.2) is 5.65 Å². The molecule has 0 aromatic carbocycles. The number of hydrogen-bond acceptors (Lipinski definition) is 5. The van der Waals surface area contributed by atoms with Crippen LogP contribution in [0.1, 0.15) is 0 Å². The first kappa shape index (κ1) is 15.2. The molecule has 0 bridgehead atoms. The minimum absolute atomic E-state index is 0.358. The summed E-state index contributed by atoms with van der Waals surface area (Å²) in [6, 6.07) is 2.78. The molecule has 2 N–H and O–H groups in total. The van der Waals surface area contributed by atoms with E-state index in [-0.39, 0.29) is 0 Å². The summed E-state index contributed by atoms with van der Waals surface area (Å²) in [6.45, 7) is 8.02. The van der Waals surface area contributed by atoms with Gasteiger partial charge in [-0.1, -0.05) is 19.6 Å². The van der Waals surface area contributed by atoms with E-state index in [9.17, 15) is 0 Å². The van der Waals surface area contributed by atoms with E-state index in [1.165, 1.54) is 6.20 Å². The lowest BCUT2D eigenvalue weighted by molar-refractivity contribution is 0.0813. The molecule has 108 valence electrons. The molecule has 2 aromatic rings. The number of aromatic nitrogens is 3. The second-order valence-electron chi connectivity index (χ2n) is 6.05. The smallest absolute Gasteiger partial charge is 0.423 e. The molecule has 0 amide bonds. The first-order chi connectivity index (χ1) is 9.37. The van der Waals surface area contributed by atoms with E-state index in [0.717, 1.165) is 18.0 Å². The maximum Gasteiger partial charge on any atom is 0.490 e. The maximum absolute atomic E-state index is 9.11. The van der Waals surface area contributed by atoms with E-state index in [1.807, 2.05) is 0 Å². The minimum atomic E-state index is -1.51. The van der Waals surface area contributed by atoms with Gasteiger partial charge in [-0.2, -0.15) is 5.10 Å². The number of fused-ring (bicyclic) bond motifs is 1. The Balaban J connectivity index is 2.01. The number of pyridine rings is 1. The third-order valence-corrected chi connectivity index (χ3v) is 4.71. The molecule has 0 radical (unpaired) electrons. The summed E-state index contributed by atoms with van der Waals surface area (Å²) in [7, 11) is -2.59. The molecular weight excluding hydrogens is 273 g/mol. The number of hydrogen-bond donors (Lipinski definition) is 2. The Morgan fingerprint density at radius 1 is 1.30 bits per heavy atom. The molecule has 2 rings (SSSR count). The van der Waals surface area contributed by atoms with Crippen molar-refractivity contribution in [2.75, 3.05) is 6.61 Å². The predicted octanol–water partition coefficient (Wildman–Crippen LogP) is 0.423. The third-order valence-electron chi connectivity index (χ3n) is 3.01. The fraction of sp³-hybridized carbons (Fsp3) is 0.500. The molecule has 2 aromatic heterocycles. The zero-order valence-electron chi connectivity index (χ0n) is 12.1. The van der Waals surface area contributed by atoms with Crippen LogP contribution in [0.5, 0.6) is 0 Å². The molecule has 0 atom stereocenters. The Kier molecular flexibility index (Phi) is 4.59. The van der Waals surface area contributed by atoms with Crippen LogP contribution in [0.3, 0.4) is 0 Å². The monoisotopic (exact) mass is 293 g/mol. The van der Waals surface area contributed by atoms with Gasteiger partial charge in [0, 0.05) is 31.7 Å². The highest BCUT2D eigenvalue weighted by atomic mass is 28.3. The molecule has 0 saturated carbocycles. The molecule has 6 nitrogen and oxygen atoms in total. The molecule has 0 saturated heterocycles. The van der Waals surface area contributed by atoms with Crippen molar-refractivity contribution in [3.8, 4) is 0 Å². The summed E-state index contributed by atoms with van der Waals surface area (Å²) in [5.74, 6) is 0. The van der Waals surface area contributed by atoms with E-state index in [4.69, 9.17) is 14.8 Å². The fourth-order valence-electron chi connectivity index (χ4n) is 1.75. The van der Waals surface area contributed by atoms with E-state index < -0.39 is 15.2 Å². The molecule has 0 aliphatic heterocycles. The largest absolute Gasteiger partial charge is 0.490 e. The van der Waals surface area contributed by atoms with Crippen molar-refractivity contribution in [3.63, 3.8) is 0 Å². The van der Waals surface area contributed by atoms with Crippen LogP contribution in [0.4, 0.5) is 0 Å². The van der Waals surface area contributed by atoms with Gasteiger partial charge in [-0.15, -0.1) is 0 Å². The Morgan fingerprint density at radius 2 is 2.05 bits per heavy atom. The van der Waals surface area contributed by atoms with Crippen molar-refractivity contribution < 1.29 is 14.8 Å². The second-order valence-corrected chi connectivity index (χ2v) is 11.7. The number of ether oxygens (including phenoxy) is 1. The van der Waals surface area contributed by atoms with Crippen LogP contribution in [0.2, 0.25) is 25.7 Å². The molecule has 0 aliphatic carbocycles. The van der Waals surface area contributed by atoms with Gasteiger partial charge < -0.3 is 14.8 Å². The van der Waals surface area contributed by atoms with Crippen molar-refractivity contribution >= 4 is 31.7 Å². The maximum atomic E-state index is 9.11. The molecule has 0 fully saturated rings. The van der Waals surface area contributed by atoms with Gasteiger partial charge in [0.1, 0.15) is 6.73 Å². The van der Waals surface area contributed by atoms with Gasteiger partial charge in [-0.25, -0.2) is 9.67 Å². The lowest BCUT2D eigenvalue weighted by Crippen LogP contribution is -2.30. The van der Waals surface area contributed by atoms with Crippen LogP contribution in [0.25, 0.3) is 11.0 Å². The van der Waals surface area contributed by atoms with Crippen molar-refractivity contribution in [2.45, 2.75) is 32.4 Å². The molecule has 2 heterocycles. The number of rotatable bonds is 6.